The summed E-state index contributed by atoms with van der Waals surface area (Å²) in [5.41, 5.74) is 0.836. The molecule has 0 aromatic carbocycles. The van der Waals surface area contributed by atoms with Gasteiger partial charge in [0.15, 0.2) is 0 Å². The van der Waals surface area contributed by atoms with Gasteiger partial charge in [-0.2, -0.15) is 0 Å². The van der Waals surface area contributed by atoms with Crippen molar-refractivity contribution >= 4 is 0 Å². The predicted molar refractivity (Wildman–Crippen MR) is 89.2 cm³/mol. The first kappa shape index (κ1) is 15.2. The first-order valence-electron chi connectivity index (χ1n) is 10.1. The van der Waals surface area contributed by atoms with Crippen molar-refractivity contribution in [3.05, 3.63) is 0 Å². The molecule has 3 heteroatoms. The van der Waals surface area contributed by atoms with Gasteiger partial charge in [0.2, 0.25) is 0 Å². The van der Waals surface area contributed by atoms with E-state index in [0.29, 0.717) is 11.3 Å². The number of aliphatic hydroxyl groups is 1. The van der Waals surface area contributed by atoms with E-state index >= 15 is 0 Å². The lowest BCUT2D eigenvalue weighted by Gasteiger charge is -2.55. The molecule has 5 rings (SSSR count). The van der Waals surface area contributed by atoms with Crippen LogP contribution in [0.5, 0.6) is 0 Å². The van der Waals surface area contributed by atoms with Crippen LogP contribution in [0.1, 0.15) is 71.1 Å². The molecule has 0 radical (unpaired) electrons. The third kappa shape index (κ3) is 1.93. The van der Waals surface area contributed by atoms with Crippen LogP contribution in [0, 0.1) is 40.4 Å². The molecule has 0 amide bonds. The first-order chi connectivity index (χ1) is 11.1. The third-order valence-corrected chi connectivity index (χ3v) is 9.34. The van der Waals surface area contributed by atoms with Gasteiger partial charge in [-0.25, -0.2) is 5.90 Å². The lowest BCUT2D eigenvalue weighted by molar-refractivity contribution is -0.110. The van der Waals surface area contributed by atoms with E-state index in [2.05, 4.69) is 6.92 Å². The van der Waals surface area contributed by atoms with Crippen molar-refractivity contribution in [3.63, 3.8) is 0 Å². The average molecular weight is 319 g/mol. The molecule has 9 atom stereocenters. The minimum atomic E-state index is -0.0572. The number of hydrogen-bond donors (Lipinski definition) is 2. The van der Waals surface area contributed by atoms with E-state index in [-0.39, 0.29) is 17.6 Å². The van der Waals surface area contributed by atoms with Crippen LogP contribution >= 0.6 is 0 Å². The topological polar surface area (TPSA) is 55.5 Å². The fourth-order valence-corrected chi connectivity index (χ4v) is 8.21. The zero-order valence-electron chi connectivity index (χ0n) is 14.5. The zero-order chi connectivity index (χ0) is 15.8. The zero-order valence-corrected chi connectivity index (χ0v) is 14.5. The highest BCUT2D eigenvalue weighted by molar-refractivity contribution is 5.18. The second-order valence-electron chi connectivity index (χ2n) is 9.96. The maximum atomic E-state index is 11.2. The Morgan fingerprint density at radius 2 is 1.87 bits per heavy atom. The molecule has 0 saturated heterocycles. The Balaban J connectivity index is 1.46. The largest absolute Gasteiger partial charge is 0.393 e. The molecule has 0 aromatic rings. The van der Waals surface area contributed by atoms with Gasteiger partial charge in [0, 0.05) is 5.41 Å². The summed E-state index contributed by atoms with van der Waals surface area (Å²) >= 11 is 0. The number of hydrogen-bond acceptors (Lipinski definition) is 3. The molecule has 0 aliphatic heterocycles. The Hall–Kier alpha value is -0.120. The Labute approximate surface area is 140 Å². The molecule has 5 aliphatic carbocycles. The number of nitrogens with two attached hydrogens (primary N) is 1. The van der Waals surface area contributed by atoms with Gasteiger partial charge in [0.25, 0.3) is 0 Å². The normalized spacial score (nSPS) is 60.9. The minimum absolute atomic E-state index is 0.0572. The monoisotopic (exact) mass is 319 g/mol. The first-order valence-corrected chi connectivity index (χ1v) is 10.1. The van der Waals surface area contributed by atoms with Gasteiger partial charge >= 0.3 is 0 Å². The van der Waals surface area contributed by atoms with Gasteiger partial charge in [-0.05, 0) is 92.8 Å². The molecule has 0 heterocycles. The molecule has 0 aromatic heterocycles. The fourth-order valence-electron chi connectivity index (χ4n) is 8.21. The second-order valence-corrected chi connectivity index (χ2v) is 9.96. The Morgan fingerprint density at radius 1 is 1.00 bits per heavy atom. The molecule has 23 heavy (non-hydrogen) atoms. The van der Waals surface area contributed by atoms with Crippen LogP contribution in [0.3, 0.4) is 0 Å². The molecule has 5 fully saturated rings. The minimum Gasteiger partial charge on any atom is -0.393 e. The Bertz CT molecular complexity index is 496. The summed E-state index contributed by atoms with van der Waals surface area (Å²) in [7, 11) is 0. The van der Waals surface area contributed by atoms with Crippen LogP contribution in [-0.2, 0) is 4.84 Å². The van der Waals surface area contributed by atoms with E-state index in [1.165, 1.54) is 44.9 Å². The van der Waals surface area contributed by atoms with E-state index in [1.54, 1.807) is 0 Å². The molecular formula is C20H33NO2. The quantitative estimate of drug-likeness (QED) is 0.725. The molecule has 1 spiro atoms. The highest BCUT2D eigenvalue weighted by Gasteiger charge is 2.69. The van der Waals surface area contributed by atoms with Gasteiger partial charge in [-0.15, -0.1) is 0 Å². The highest BCUT2D eigenvalue weighted by Crippen LogP contribution is 2.73. The van der Waals surface area contributed by atoms with Crippen molar-refractivity contribution < 1.29 is 9.94 Å². The van der Waals surface area contributed by atoms with Crippen LogP contribution in [0.2, 0.25) is 0 Å². The molecule has 3 N–H and O–H groups in total. The molecule has 9 unspecified atom stereocenters. The van der Waals surface area contributed by atoms with Crippen molar-refractivity contribution in [3.8, 4) is 0 Å². The van der Waals surface area contributed by atoms with Gasteiger partial charge < -0.3 is 9.94 Å². The van der Waals surface area contributed by atoms with Crippen molar-refractivity contribution in [2.45, 2.75) is 83.3 Å². The summed E-state index contributed by atoms with van der Waals surface area (Å²) in [6, 6.07) is 0. The van der Waals surface area contributed by atoms with Crippen molar-refractivity contribution in [2.24, 2.45) is 46.3 Å². The summed E-state index contributed by atoms with van der Waals surface area (Å²) in [5, 5.41) is 11.2. The third-order valence-electron chi connectivity index (χ3n) is 9.34. The van der Waals surface area contributed by atoms with Crippen LogP contribution in [0.25, 0.3) is 0 Å². The smallest absolute Gasteiger partial charge is 0.0790 e. The number of aliphatic hydroxyl groups excluding tert-OH is 1. The van der Waals surface area contributed by atoms with Gasteiger partial charge in [0.05, 0.1) is 12.2 Å². The van der Waals surface area contributed by atoms with E-state index in [0.717, 1.165) is 42.9 Å². The van der Waals surface area contributed by atoms with E-state index in [9.17, 15) is 5.11 Å². The van der Waals surface area contributed by atoms with Crippen LogP contribution in [0.4, 0.5) is 0 Å². The molecular weight excluding hydrogens is 286 g/mol. The SMILES string of the molecule is CC12CCCC1C1CC(O)C34CC3CC(ON)CCC4C1CC2. The number of rotatable bonds is 1. The van der Waals surface area contributed by atoms with E-state index in [1.807, 2.05) is 0 Å². The van der Waals surface area contributed by atoms with Crippen molar-refractivity contribution in [1.82, 2.24) is 0 Å². The molecule has 0 bridgehead atoms. The molecule has 5 saturated carbocycles. The lowest BCUT2D eigenvalue weighted by atomic mass is 9.50. The predicted octanol–water partition coefficient (Wildman–Crippen LogP) is 3.65. The molecule has 5 aliphatic rings. The Morgan fingerprint density at radius 3 is 2.70 bits per heavy atom. The number of fused-ring (bicyclic) bond motifs is 4. The van der Waals surface area contributed by atoms with Crippen LogP contribution < -0.4 is 5.90 Å². The van der Waals surface area contributed by atoms with Crippen LogP contribution in [-0.4, -0.2) is 17.3 Å². The van der Waals surface area contributed by atoms with Crippen molar-refractivity contribution in [2.75, 3.05) is 0 Å². The van der Waals surface area contributed by atoms with Gasteiger partial charge in [-0.3, -0.25) is 0 Å². The van der Waals surface area contributed by atoms with Gasteiger partial charge in [0.1, 0.15) is 0 Å². The summed E-state index contributed by atoms with van der Waals surface area (Å²) in [5.74, 6) is 9.50. The molecule has 130 valence electrons. The summed E-state index contributed by atoms with van der Waals surface area (Å²) in [6.45, 7) is 2.54. The summed E-state index contributed by atoms with van der Waals surface area (Å²) in [4.78, 5) is 5.25. The van der Waals surface area contributed by atoms with Crippen LogP contribution in [0.15, 0.2) is 0 Å². The summed E-state index contributed by atoms with van der Waals surface area (Å²) < 4.78 is 0. The summed E-state index contributed by atoms with van der Waals surface area (Å²) in [6.07, 6.45) is 13.0. The highest BCUT2D eigenvalue weighted by atomic mass is 16.6. The average Bonchev–Trinajstić information content (AvgIpc) is 3.13. The standard InChI is InChI=1S/C20H33NO2/c1-19-7-2-3-16(19)15-10-18(22)20-11-12(20)9-13(23-21)4-5-17(20)14(15)6-8-19/h12-18,22H,2-11,21H2,1H3. The fraction of sp³-hybridized carbons (Fsp3) is 1.00. The molecule has 3 nitrogen and oxygen atoms in total. The lowest BCUT2D eigenvalue weighted by Crippen LogP contribution is -2.51. The second kappa shape index (κ2) is 4.95. The van der Waals surface area contributed by atoms with Crippen molar-refractivity contribution in [1.29, 1.82) is 0 Å². The maximum Gasteiger partial charge on any atom is 0.0790 e. The van der Waals surface area contributed by atoms with E-state index < -0.39 is 0 Å². The maximum absolute atomic E-state index is 11.2. The van der Waals surface area contributed by atoms with Gasteiger partial charge in [-0.1, -0.05) is 13.3 Å². The Kier molecular flexibility index (Phi) is 3.27. The van der Waals surface area contributed by atoms with E-state index in [4.69, 9.17) is 10.7 Å².